The Morgan fingerprint density at radius 3 is 1.88 bits per heavy atom. The Morgan fingerprint density at radius 2 is 1.29 bits per heavy atom. The molecule has 0 N–H and O–H groups in total. The van der Waals surface area contributed by atoms with E-state index in [2.05, 4.69) is 77.7 Å². The predicted molar refractivity (Wildman–Crippen MR) is 78.5 cm³/mol. The second-order valence-corrected chi connectivity index (χ2v) is 5.34. The molecule has 88 valence electrons. The number of hydrogen-bond acceptors (Lipinski definition) is 0. The molecule has 0 nitrogen and oxygen atoms in total. The van der Waals surface area contributed by atoms with Gasteiger partial charge in [-0.2, -0.15) is 0 Å². The van der Waals surface area contributed by atoms with Gasteiger partial charge in [-0.1, -0.05) is 68.4 Å². The maximum atomic E-state index is 2.97. The van der Waals surface area contributed by atoms with Crippen molar-refractivity contribution in [2.75, 3.05) is 0 Å². The molecule has 0 heterocycles. The van der Waals surface area contributed by atoms with Gasteiger partial charge in [0.25, 0.3) is 0 Å². The molecule has 0 spiro atoms. The van der Waals surface area contributed by atoms with Crippen LogP contribution in [0, 0.1) is 0 Å². The van der Waals surface area contributed by atoms with Gasteiger partial charge in [-0.15, -0.1) is 9.24 Å². The topological polar surface area (TPSA) is 0 Å². The van der Waals surface area contributed by atoms with E-state index in [1.54, 1.807) is 0 Å². The van der Waals surface area contributed by atoms with Gasteiger partial charge in [-0.3, -0.25) is 0 Å². The van der Waals surface area contributed by atoms with Crippen molar-refractivity contribution in [3.05, 3.63) is 71.3 Å². The van der Waals surface area contributed by atoms with Crippen LogP contribution in [0.25, 0.3) is 0 Å². The predicted octanol–water partition coefficient (Wildman–Crippen LogP) is 4.77. The van der Waals surface area contributed by atoms with Crippen LogP contribution < -0.4 is 0 Å². The van der Waals surface area contributed by atoms with Crippen LogP contribution in [0.1, 0.15) is 42.1 Å². The molecule has 0 aliphatic heterocycles. The molecular weight excluding hydrogens is 223 g/mol. The highest BCUT2D eigenvalue weighted by molar-refractivity contribution is 7.17. The van der Waals surface area contributed by atoms with Gasteiger partial charge >= 0.3 is 0 Å². The summed E-state index contributed by atoms with van der Waals surface area (Å²) in [6, 6.07) is 19.4. The van der Waals surface area contributed by atoms with Gasteiger partial charge in [0.2, 0.25) is 0 Å². The normalized spacial score (nSPS) is 12.7. The minimum absolute atomic E-state index is 0.384. The van der Waals surface area contributed by atoms with Crippen LogP contribution in [-0.2, 0) is 0 Å². The van der Waals surface area contributed by atoms with Crippen LogP contribution >= 0.6 is 9.24 Å². The van der Waals surface area contributed by atoms with E-state index in [1.165, 1.54) is 16.7 Å². The summed E-state index contributed by atoms with van der Waals surface area (Å²) in [6.45, 7) is 4.50. The summed E-state index contributed by atoms with van der Waals surface area (Å²) in [7, 11) is 2.97. The van der Waals surface area contributed by atoms with E-state index in [0.717, 1.165) is 0 Å². The highest BCUT2D eigenvalue weighted by Gasteiger charge is 2.13. The maximum Gasteiger partial charge on any atom is 0.0237 e. The van der Waals surface area contributed by atoms with Crippen molar-refractivity contribution in [2.24, 2.45) is 0 Å². The fourth-order valence-electron chi connectivity index (χ4n) is 2.16. The third-order valence-corrected chi connectivity index (χ3v) is 3.86. The summed E-state index contributed by atoms with van der Waals surface area (Å²) in [6.07, 6.45) is 0. The van der Waals surface area contributed by atoms with E-state index in [1.807, 2.05) is 0 Å². The minimum atomic E-state index is 0.384. The summed E-state index contributed by atoms with van der Waals surface area (Å²) < 4.78 is 0. The zero-order chi connectivity index (χ0) is 12.3. The smallest absolute Gasteiger partial charge is 0.0237 e. The molecule has 2 unspecified atom stereocenters. The van der Waals surface area contributed by atoms with Gasteiger partial charge in [0, 0.05) is 5.66 Å². The van der Waals surface area contributed by atoms with Crippen LogP contribution in [0.3, 0.4) is 0 Å². The van der Waals surface area contributed by atoms with Gasteiger partial charge in [-0.05, 0) is 22.6 Å². The van der Waals surface area contributed by atoms with Crippen molar-refractivity contribution < 1.29 is 0 Å². The summed E-state index contributed by atoms with van der Waals surface area (Å²) >= 11 is 0. The monoisotopic (exact) mass is 242 g/mol. The zero-order valence-corrected chi connectivity index (χ0v) is 11.6. The summed E-state index contributed by atoms with van der Waals surface area (Å²) in [4.78, 5) is 0. The standard InChI is InChI=1S/C16H19P/c1-12(2)14-10-6-7-11-15(14)16(17)13-8-4-3-5-9-13/h3-12,16H,17H2,1-2H3. The molecule has 0 fully saturated rings. The van der Waals surface area contributed by atoms with Crippen molar-refractivity contribution in [2.45, 2.75) is 25.4 Å². The maximum absolute atomic E-state index is 2.97. The lowest BCUT2D eigenvalue weighted by atomic mass is 9.93. The van der Waals surface area contributed by atoms with Gasteiger partial charge in [-0.25, -0.2) is 0 Å². The quantitative estimate of drug-likeness (QED) is 0.680. The van der Waals surface area contributed by atoms with Crippen molar-refractivity contribution in [1.82, 2.24) is 0 Å². The van der Waals surface area contributed by atoms with Crippen LogP contribution in [-0.4, -0.2) is 0 Å². The van der Waals surface area contributed by atoms with E-state index in [-0.39, 0.29) is 0 Å². The molecule has 2 aromatic rings. The van der Waals surface area contributed by atoms with E-state index in [0.29, 0.717) is 11.6 Å². The number of rotatable bonds is 3. The lowest BCUT2D eigenvalue weighted by molar-refractivity contribution is 0.846. The molecule has 2 atom stereocenters. The Labute approximate surface area is 106 Å². The summed E-state index contributed by atoms with van der Waals surface area (Å²) in [5, 5.41) is 0. The third-order valence-electron chi connectivity index (χ3n) is 3.11. The van der Waals surface area contributed by atoms with Crippen molar-refractivity contribution in [3.63, 3.8) is 0 Å². The second-order valence-electron chi connectivity index (χ2n) is 4.67. The fraction of sp³-hybridized carbons (Fsp3) is 0.250. The van der Waals surface area contributed by atoms with Gasteiger partial charge in [0.15, 0.2) is 0 Å². The van der Waals surface area contributed by atoms with E-state index < -0.39 is 0 Å². The Morgan fingerprint density at radius 1 is 0.765 bits per heavy atom. The Hall–Kier alpha value is -1.13. The molecule has 2 aromatic carbocycles. The Kier molecular flexibility index (Phi) is 3.97. The van der Waals surface area contributed by atoms with Crippen molar-refractivity contribution in [3.8, 4) is 0 Å². The molecule has 0 aliphatic carbocycles. The van der Waals surface area contributed by atoms with Gasteiger partial charge in [0.1, 0.15) is 0 Å². The molecule has 0 aliphatic rings. The summed E-state index contributed by atoms with van der Waals surface area (Å²) in [5.74, 6) is 0.568. The molecule has 0 amide bonds. The van der Waals surface area contributed by atoms with Crippen LogP contribution in [0.2, 0.25) is 0 Å². The molecule has 0 saturated carbocycles. The van der Waals surface area contributed by atoms with Crippen molar-refractivity contribution >= 4 is 9.24 Å². The Balaban J connectivity index is 2.41. The minimum Gasteiger partial charge on any atom is -0.125 e. The van der Waals surface area contributed by atoms with Crippen molar-refractivity contribution in [1.29, 1.82) is 0 Å². The Bertz CT molecular complexity index is 474. The molecule has 0 saturated heterocycles. The lowest BCUT2D eigenvalue weighted by Gasteiger charge is -2.18. The molecule has 0 aromatic heterocycles. The largest absolute Gasteiger partial charge is 0.125 e. The average molecular weight is 242 g/mol. The van der Waals surface area contributed by atoms with Gasteiger partial charge < -0.3 is 0 Å². The first-order valence-electron chi connectivity index (χ1n) is 6.09. The second kappa shape index (κ2) is 5.47. The third kappa shape index (κ3) is 2.76. The molecule has 1 heteroatoms. The first kappa shape index (κ1) is 12.3. The first-order valence-corrected chi connectivity index (χ1v) is 6.76. The molecule has 17 heavy (non-hydrogen) atoms. The van der Waals surface area contributed by atoms with E-state index >= 15 is 0 Å². The molecule has 2 rings (SSSR count). The highest BCUT2D eigenvalue weighted by Crippen LogP contribution is 2.35. The SMILES string of the molecule is CC(C)c1ccccc1C(P)c1ccccc1. The zero-order valence-electron chi connectivity index (χ0n) is 10.4. The lowest BCUT2D eigenvalue weighted by Crippen LogP contribution is -1.99. The number of hydrogen-bond donors (Lipinski definition) is 0. The number of benzene rings is 2. The molecule has 0 radical (unpaired) electrons. The van der Waals surface area contributed by atoms with E-state index in [9.17, 15) is 0 Å². The molecule has 0 bridgehead atoms. The van der Waals surface area contributed by atoms with Crippen LogP contribution in [0.4, 0.5) is 0 Å². The summed E-state index contributed by atoms with van der Waals surface area (Å²) in [5.41, 5.74) is 4.59. The first-order chi connectivity index (χ1) is 8.20. The van der Waals surface area contributed by atoms with E-state index in [4.69, 9.17) is 0 Å². The van der Waals surface area contributed by atoms with Gasteiger partial charge in [0.05, 0.1) is 0 Å². The fourth-order valence-corrected chi connectivity index (χ4v) is 2.69. The van der Waals surface area contributed by atoms with Crippen LogP contribution in [0.5, 0.6) is 0 Å². The van der Waals surface area contributed by atoms with Crippen LogP contribution in [0.15, 0.2) is 54.6 Å². The molecular formula is C16H19P. The highest BCUT2D eigenvalue weighted by atomic mass is 31.0. The average Bonchev–Trinajstić information content (AvgIpc) is 2.39.